The molecule has 1 aromatic rings. The fraction of sp³-hybridized carbons (Fsp3) is 0.400. The van der Waals surface area contributed by atoms with Crippen LogP contribution in [0.3, 0.4) is 0 Å². The Morgan fingerprint density at radius 2 is 1.78 bits per heavy atom. The first-order valence-electron chi connectivity index (χ1n) is 8.39. The van der Waals surface area contributed by atoms with Crippen LogP contribution in [-0.2, 0) is 15.3 Å². The molecule has 2 aliphatic heterocycles. The molecule has 0 radical (unpaired) electrons. The number of nitrogens with one attached hydrogen (secondary N) is 1. The highest BCUT2D eigenvalue weighted by Gasteiger charge is 2.79. The molecule has 2 heterocycles. The van der Waals surface area contributed by atoms with E-state index in [0.29, 0.717) is 11.3 Å². The Kier molecular flexibility index (Phi) is 4.19. The van der Waals surface area contributed by atoms with Gasteiger partial charge in [0, 0.05) is 5.56 Å². The normalized spacial score (nSPS) is 33.6. The summed E-state index contributed by atoms with van der Waals surface area (Å²) in [6.45, 7) is 3.40. The van der Waals surface area contributed by atoms with Gasteiger partial charge in [-0.05, 0) is 31.2 Å². The number of rotatable bonds is 3. The van der Waals surface area contributed by atoms with Crippen molar-refractivity contribution in [2.45, 2.75) is 25.7 Å². The summed E-state index contributed by atoms with van der Waals surface area (Å²) < 4.78 is 17.2. The Balaban J connectivity index is 2.29. The summed E-state index contributed by atoms with van der Waals surface area (Å²) in [6, 6.07) is 12.9. The molecular formula is C20H18N4O3. The van der Waals surface area contributed by atoms with Crippen LogP contribution in [0.4, 0.5) is 0 Å². The van der Waals surface area contributed by atoms with Crippen LogP contribution in [0.15, 0.2) is 36.4 Å². The third-order valence-electron chi connectivity index (χ3n) is 5.57. The number of hydrogen-bond donors (Lipinski definition) is 1. The monoisotopic (exact) mass is 362 g/mol. The lowest BCUT2D eigenvalue weighted by molar-refractivity contribution is -0.273. The van der Waals surface area contributed by atoms with E-state index in [0.717, 1.165) is 0 Å². The molecule has 7 nitrogen and oxygen atoms in total. The number of ether oxygens (including phenoxy) is 3. The Morgan fingerprint density at radius 3 is 2.26 bits per heavy atom. The van der Waals surface area contributed by atoms with E-state index in [1.54, 1.807) is 57.4 Å². The molecule has 4 unspecified atom stereocenters. The molecule has 0 amide bonds. The molecule has 0 spiro atoms. The Bertz CT molecular complexity index is 920. The minimum absolute atomic E-state index is 0.427. The molecule has 136 valence electrons. The van der Waals surface area contributed by atoms with E-state index in [9.17, 15) is 15.8 Å². The lowest BCUT2D eigenvalue weighted by Gasteiger charge is -2.47. The van der Waals surface area contributed by atoms with Gasteiger partial charge >= 0.3 is 0 Å². The summed E-state index contributed by atoms with van der Waals surface area (Å²) in [6.07, 6.45) is 2.17. The number of nitrogens with zero attached hydrogens (tertiary/aromatic N) is 3. The third kappa shape index (κ3) is 1.99. The van der Waals surface area contributed by atoms with Gasteiger partial charge in [0.15, 0.2) is 5.41 Å². The van der Waals surface area contributed by atoms with Crippen molar-refractivity contribution >= 4 is 5.90 Å². The summed E-state index contributed by atoms with van der Waals surface area (Å²) >= 11 is 0. The average molecular weight is 362 g/mol. The van der Waals surface area contributed by atoms with Gasteiger partial charge in [0.25, 0.3) is 0 Å². The van der Waals surface area contributed by atoms with Crippen LogP contribution < -0.4 is 4.74 Å². The van der Waals surface area contributed by atoms with Crippen LogP contribution in [0, 0.1) is 56.2 Å². The Morgan fingerprint density at radius 1 is 1.15 bits per heavy atom. The van der Waals surface area contributed by atoms with Gasteiger partial charge in [-0.15, -0.1) is 0 Å². The van der Waals surface area contributed by atoms with Crippen LogP contribution in [-0.4, -0.2) is 19.1 Å². The van der Waals surface area contributed by atoms with Crippen molar-refractivity contribution < 1.29 is 14.2 Å². The first-order valence-corrected chi connectivity index (χ1v) is 8.39. The van der Waals surface area contributed by atoms with Crippen molar-refractivity contribution in [3.63, 3.8) is 0 Å². The number of methoxy groups -OCH3 is 1. The van der Waals surface area contributed by atoms with E-state index in [4.69, 9.17) is 19.6 Å². The molecule has 1 N–H and O–H groups in total. The van der Waals surface area contributed by atoms with Crippen molar-refractivity contribution in [2.24, 2.45) is 16.7 Å². The first kappa shape index (κ1) is 18.5. The second-order valence-electron chi connectivity index (χ2n) is 6.56. The molecule has 2 bridgehead atoms. The number of benzene rings is 1. The number of nitriles is 3. The number of allylic oxidation sites excluding steroid dienone is 1. The first-order chi connectivity index (χ1) is 12.9. The van der Waals surface area contributed by atoms with Crippen molar-refractivity contribution in [1.29, 1.82) is 21.2 Å². The van der Waals surface area contributed by atoms with E-state index in [1.165, 1.54) is 0 Å². The van der Waals surface area contributed by atoms with Crippen LogP contribution in [0.25, 0.3) is 0 Å². The topological polar surface area (TPSA) is 123 Å². The summed E-state index contributed by atoms with van der Waals surface area (Å²) in [5.74, 6) is -2.02. The summed E-state index contributed by atoms with van der Waals surface area (Å²) in [5, 5.41) is 38.3. The van der Waals surface area contributed by atoms with Gasteiger partial charge in [0.2, 0.25) is 17.1 Å². The second kappa shape index (κ2) is 6.13. The molecule has 0 aliphatic carbocycles. The highest BCUT2D eigenvalue weighted by atomic mass is 16.7. The summed E-state index contributed by atoms with van der Waals surface area (Å²) in [4.78, 5) is 0. The minimum atomic E-state index is -1.91. The Labute approximate surface area is 157 Å². The quantitative estimate of drug-likeness (QED) is 0.825. The highest BCUT2D eigenvalue weighted by molar-refractivity contribution is 5.89. The molecule has 27 heavy (non-hydrogen) atoms. The SMILES string of the molecule is CC=CC1OC2(c3ccc(OC)cc3)OC(=N)C(C#N)(C2C)C1(C#N)C#N. The van der Waals surface area contributed by atoms with E-state index in [1.807, 2.05) is 12.1 Å². The van der Waals surface area contributed by atoms with Crippen molar-refractivity contribution in [3.05, 3.63) is 42.0 Å². The molecule has 2 aliphatic rings. The molecule has 0 aromatic heterocycles. The number of hydrogen-bond acceptors (Lipinski definition) is 7. The predicted molar refractivity (Wildman–Crippen MR) is 94.0 cm³/mol. The zero-order chi connectivity index (χ0) is 19.9. The van der Waals surface area contributed by atoms with E-state index in [-0.39, 0.29) is 0 Å². The second-order valence-corrected chi connectivity index (χ2v) is 6.56. The molecule has 2 fully saturated rings. The molecule has 3 rings (SSSR count). The Hall–Kier alpha value is -3.34. The van der Waals surface area contributed by atoms with Gasteiger partial charge in [-0.25, -0.2) is 0 Å². The van der Waals surface area contributed by atoms with Gasteiger partial charge in [-0.3, -0.25) is 5.41 Å². The average Bonchev–Trinajstić information content (AvgIpc) is 2.86. The van der Waals surface area contributed by atoms with Gasteiger partial charge in [-0.2, -0.15) is 15.8 Å². The lowest BCUT2D eigenvalue weighted by Crippen LogP contribution is -2.60. The minimum Gasteiger partial charge on any atom is -0.497 e. The molecule has 2 saturated heterocycles. The fourth-order valence-corrected chi connectivity index (χ4v) is 4.07. The molecule has 7 heteroatoms. The predicted octanol–water partition coefficient (Wildman–Crippen LogP) is 3.01. The molecular weight excluding hydrogens is 344 g/mol. The van der Waals surface area contributed by atoms with E-state index in [2.05, 4.69) is 6.07 Å². The largest absolute Gasteiger partial charge is 0.497 e. The van der Waals surface area contributed by atoms with Gasteiger partial charge in [-0.1, -0.05) is 19.1 Å². The third-order valence-corrected chi connectivity index (χ3v) is 5.57. The zero-order valence-corrected chi connectivity index (χ0v) is 15.2. The van der Waals surface area contributed by atoms with Crippen LogP contribution in [0.2, 0.25) is 0 Å². The van der Waals surface area contributed by atoms with Crippen LogP contribution in [0.1, 0.15) is 19.4 Å². The van der Waals surface area contributed by atoms with Gasteiger partial charge in [0.05, 0.1) is 31.2 Å². The van der Waals surface area contributed by atoms with Gasteiger partial charge < -0.3 is 14.2 Å². The molecule has 0 saturated carbocycles. The maximum absolute atomic E-state index is 10.1. The number of fused-ring (bicyclic) bond motifs is 2. The van der Waals surface area contributed by atoms with Crippen molar-refractivity contribution in [1.82, 2.24) is 0 Å². The van der Waals surface area contributed by atoms with Crippen molar-refractivity contribution in [2.75, 3.05) is 7.11 Å². The molecule has 4 atom stereocenters. The maximum Gasteiger partial charge on any atom is 0.244 e. The lowest BCUT2D eigenvalue weighted by atomic mass is 9.54. The maximum atomic E-state index is 10.1. The van der Waals surface area contributed by atoms with Crippen LogP contribution >= 0.6 is 0 Å². The van der Waals surface area contributed by atoms with E-state index < -0.39 is 34.5 Å². The summed E-state index contributed by atoms with van der Waals surface area (Å²) in [5.41, 5.74) is -3.09. The summed E-state index contributed by atoms with van der Waals surface area (Å²) in [7, 11) is 1.55. The van der Waals surface area contributed by atoms with E-state index >= 15 is 0 Å². The van der Waals surface area contributed by atoms with Gasteiger partial charge in [0.1, 0.15) is 11.9 Å². The van der Waals surface area contributed by atoms with Crippen LogP contribution in [0.5, 0.6) is 5.75 Å². The standard InChI is InChI=1S/C20H18N4O3/c1-4-5-16-18(10-21,11-22)19(12-23)13(2)20(26-16,27-17(19)24)14-6-8-15(25-3)9-7-14/h4-9,13,16,24H,1-3H3. The zero-order valence-electron chi connectivity index (χ0n) is 15.2. The smallest absolute Gasteiger partial charge is 0.244 e. The highest BCUT2D eigenvalue weighted by Crippen LogP contribution is 2.65. The van der Waals surface area contributed by atoms with Crippen molar-refractivity contribution in [3.8, 4) is 24.0 Å². The molecule has 1 aromatic carbocycles. The fourth-order valence-electron chi connectivity index (χ4n) is 4.07.